The van der Waals surface area contributed by atoms with Crippen molar-refractivity contribution in [2.75, 3.05) is 7.11 Å². The van der Waals surface area contributed by atoms with Gasteiger partial charge in [0.1, 0.15) is 91.6 Å². The van der Waals surface area contributed by atoms with Crippen LogP contribution >= 0.6 is 0 Å². The summed E-state index contributed by atoms with van der Waals surface area (Å²) in [5.41, 5.74) is 0. The summed E-state index contributed by atoms with van der Waals surface area (Å²) in [6, 6.07) is 0. The topological polar surface area (TPSA) is 315 Å². The highest BCUT2D eigenvalue weighted by atomic mass is 16.8. The van der Waals surface area contributed by atoms with Crippen LogP contribution < -0.4 is 0 Å². The molecule has 0 bridgehead atoms. The van der Waals surface area contributed by atoms with Crippen molar-refractivity contribution in [2.45, 2.75) is 188 Å². The van der Waals surface area contributed by atoms with Crippen molar-refractivity contribution in [3.8, 4) is 0 Å². The Bertz CT molecular complexity index is 1140. The smallest absolute Gasteiger partial charge is 0.187 e. The second kappa shape index (κ2) is 17.1. The molecule has 0 aliphatic carbocycles. The van der Waals surface area contributed by atoms with Gasteiger partial charge in [-0.3, -0.25) is 0 Å². The lowest BCUT2D eigenvalue weighted by molar-refractivity contribution is -0.408. The normalized spacial score (nSPS) is 56.4. The molecule has 5 saturated heterocycles. The predicted molar refractivity (Wildman–Crippen MR) is 164 cm³/mol. The molecule has 5 aliphatic rings. The molecule has 0 aromatic carbocycles. The van der Waals surface area contributed by atoms with Crippen LogP contribution in [0.4, 0.5) is 0 Å². The Morgan fingerprint density at radius 3 is 0.827 bits per heavy atom. The van der Waals surface area contributed by atoms with E-state index in [0.717, 1.165) is 0 Å². The van der Waals surface area contributed by atoms with E-state index in [9.17, 15) is 56.2 Å². The summed E-state index contributed by atoms with van der Waals surface area (Å²) in [5, 5.41) is 118. The van der Waals surface area contributed by atoms with Crippen LogP contribution in [-0.4, -0.2) is 217 Å². The average molecular weight is 763 g/mol. The molecule has 5 fully saturated rings. The van der Waals surface area contributed by atoms with E-state index in [-0.39, 0.29) is 0 Å². The van der Waals surface area contributed by atoms with Crippen molar-refractivity contribution in [3.05, 3.63) is 0 Å². The highest BCUT2D eigenvalue weighted by Crippen LogP contribution is 2.36. The maximum Gasteiger partial charge on any atom is 0.187 e. The summed E-state index contributed by atoms with van der Waals surface area (Å²) in [6.45, 7) is 7.12. The minimum absolute atomic E-state index is 0.849. The zero-order valence-electron chi connectivity index (χ0n) is 29.4. The second-order valence-corrected chi connectivity index (χ2v) is 14.1. The molecular weight excluding hydrogens is 708 g/mol. The lowest BCUT2D eigenvalue weighted by atomic mass is 9.96. The second-order valence-electron chi connectivity index (χ2n) is 14.1. The number of ether oxygens (including phenoxy) is 10. The molecule has 0 saturated carbocycles. The van der Waals surface area contributed by atoms with E-state index in [4.69, 9.17) is 47.4 Å². The molecule has 0 aromatic rings. The summed E-state index contributed by atoms with van der Waals surface area (Å²) in [4.78, 5) is 0. The molecule has 0 unspecified atom stereocenters. The van der Waals surface area contributed by atoms with Crippen molar-refractivity contribution in [3.63, 3.8) is 0 Å². The van der Waals surface area contributed by atoms with Gasteiger partial charge < -0.3 is 104 Å². The molecule has 5 heterocycles. The van der Waals surface area contributed by atoms with E-state index >= 15 is 0 Å². The predicted octanol–water partition coefficient (Wildman–Crippen LogP) is -6.13. The Hall–Kier alpha value is -0.840. The van der Waals surface area contributed by atoms with Crippen molar-refractivity contribution in [2.24, 2.45) is 0 Å². The Morgan fingerprint density at radius 1 is 0.288 bits per heavy atom. The lowest BCUT2D eigenvalue weighted by Gasteiger charge is -2.50. The first-order valence-electron chi connectivity index (χ1n) is 17.3. The SMILES string of the molecule is CO[C@H]1O[C@@H](C)[C@H](O)[C@H](O)[C@H]1O[C@H]1O[C@@H](C)[C@H](O)[C@H](O)[C@H]1O[C@H]1O[C@@H](C)[C@H](O)[C@H](O)[C@H]1O[C@H]1O[C@@H](C)[C@H](O)[C@H](O)[C@H]1O[C@H]1O[C@@H](C)[C@H](O)[C@H](O)[C@H]1O. The van der Waals surface area contributed by atoms with Crippen LogP contribution in [0.2, 0.25) is 0 Å². The Kier molecular flexibility index (Phi) is 13.9. The zero-order valence-corrected chi connectivity index (χ0v) is 29.4. The number of methoxy groups -OCH3 is 1. The van der Waals surface area contributed by atoms with Crippen LogP contribution in [0.5, 0.6) is 0 Å². The van der Waals surface area contributed by atoms with E-state index in [1.54, 1.807) is 0 Å². The van der Waals surface area contributed by atoms with E-state index in [1.807, 2.05) is 0 Å². The number of hydrogen-bond donors (Lipinski definition) is 11. The number of aliphatic hydroxyl groups is 11. The fraction of sp³-hybridized carbons (Fsp3) is 1.00. The van der Waals surface area contributed by atoms with Gasteiger partial charge in [-0.25, -0.2) is 0 Å². The summed E-state index contributed by atoms with van der Waals surface area (Å²) in [7, 11) is 1.27. The molecular formula is C31H54O21. The fourth-order valence-electron chi connectivity index (χ4n) is 6.85. The van der Waals surface area contributed by atoms with Gasteiger partial charge in [-0.1, -0.05) is 0 Å². The Labute approximate surface area is 299 Å². The minimum atomic E-state index is -1.83. The van der Waals surface area contributed by atoms with Gasteiger partial charge in [-0.05, 0) is 34.6 Å². The van der Waals surface area contributed by atoms with Gasteiger partial charge in [0.05, 0.1) is 30.5 Å². The van der Waals surface area contributed by atoms with Crippen LogP contribution in [0, 0.1) is 0 Å². The van der Waals surface area contributed by atoms with Gasteiger partial charge in [-0.2, -0.15) is 0 Å². The van der Waals surface area contributed by atoms with Gasteiger partial charge in [0.25, 0.3) is 0 Å². The zero-order chi connectivity index (χ0) is 38.5. The molecule has 0 amide bonds. The number of rotatable bonds is 9. The van der Waals surface area contributed by atoms with Gasteiger partial charge in [0.2, 0.25) is 0 Å². The Balaban J connectivity index is 1.41. The summed E-state index contributed by atoms with van der Waals surface area (Å²) in [6.07, 6.45) is -37.8. The molecule has 25 atom stereocenters. The largest absolute Gasteiger partial charge is 0.388 e. The van der Waals surface area contributed by atoms with Gasteiger partial charge in [0, 0.05) is 7.11 Å². The van der Waals surface area contributed by atoms with Crippen molar-refractivity contribution in [1.29, 1.82) is 0 Å². The molecule has 304 valence electrons. The molecule has 11 N–H and O–H groups in total. The first-order chi connectivity index (χ1) is 24.4. The maximum absolute atomic E-state index is 11.3. The third-order valence-electron chi connectivity index (χ3n) is 10.3. The number of aliphatic hydroxyl groups excluding tert-OH is 11. The van der Waals surface area contributed by atoms with Gasteiger partial charge in [-0.15, -0.1) is 0 Å². The number of hydrogen-bond acceptors (Lipinski definition) is 21. The van der Waals surface area contributed by atoms with Crippen molar-refractivity contribution >= 4 is 0 Å². The van der Waals surface area contributed by atoms with E-state index < -0.39 is 154 Å². The fourth-order valence-corrected chi connectivity index (χ4v) is 6.85. The molecule has 0 spiro atoms. The standard InChI is InChI=1S/C31H54O21/c1-7-12(32)17(37)22(42)27(44-7)49-24-19(39)14(34)9(3)46-29(24)51-26-21(41)16(36)11(5)48-31(26)52-25-20(40)15(35)10(4)47-30(25)50-23-18(38)13(33)8(2)45-28(23)43-6/h7-42H,1-6H3/t7-,8-,9-,10-,11-,12-,13-,14-,15-,16-,17-,18-,19-,20-,21-,22+,23+,24+,25+,26+,27+,28-,29+,30+,31+/m0/s1. The van der Waals surface area contributed by atoms with Crippen LogP contribution in [0.1, 0.15) is 34.6 Å². The van der Waals surface area contributed by atoms with Crippen LogP contribution in [-0.2, 0) is 47.4 Å². The lowest BCUT2D eigenvalue weighted by Crippen LogP contribution is -2.67. The van der Waals surface area contributed by atoms with Crippen LogP contribution in [0.3, 0.4) is 0 Å². The van der Waals surface area contributed by atoms with Gasteiger partial charge in [0.15, 0.2) is 31.5 Å². The molecule has 0 aromatic heterocycles. The first-order valence-corrected chi connectivity index (χ1v) is 17.3. The minimum Gasteiger partial charge on any atom is -0.388 e. The van der Waals surface area contributed by atoms with Crippen LogP contribution in [0.25, 0.3) is 0 Å². The summed E-state index contributed by atoms with van der Waals surface area (Å²) in [5.74, 6) is 0. The van der Waals surface area contributed by atoms with E-state index in [0.29, 0.717) is 0 Å². The highest BCUT2D eigenvalue weighted by Gasteiger charge is 2.56. The third kappa shape index (κ3) is 8.31. The molecule has 21 nitrogen and oxygen atoms in total. The highest BCUT2D eigenvalue weighted by molar-refractivity contribution is 4.97. The van der Waals surface area contributed by atoms with Crippen molar-refractivity contribution in [1.82, 2.24) is 0 Å². The first kappa shape index (κ1) is 42.3. The summed E-state index contributed by atoms with van der Waals surface area (Å²) >= 11 is 0. The average Bonchev–Trinajstić information content (AvgIpc) is 3.11. The van der Waals surface area contributed by atoms with Gasteiger partial charge >= 0.3 is 0 Å². The van der Waals surface area contributed by atoms with E-state index in [1.165, 1.54) is 41.7 Å². The molecule has 21 heteroatoms. The monoisotopic (exact) mass is 762 g/mol. The molecule has 5 rings (SSSR count). The molecule has 52 heavy (non-hydrogen) atoms. The molecule has 0 radical (unpaired) electrons. The summed E-state index contributed by atoms with van der Waals surface area (Å²) < 4.78 is 57.7. The maximum atomic E-state index is 11.3. The third-order valence-corrected chi connectivity index (χ3v) is 10.3. The molecule has 5 aliphatic heterocycles. The Morgan fingerprint density at radius 2 is 0.519 bits per heavy atom. The van der Waals surface area contributed by atoms with Crippen molar-refractivity contribution < 1.29 is 104 Å². The van der Waals surface area contributed by atoms with E-state index in [2.05, 4.69) is 0 Å². The quantitative estimate of drug-likeness (QED) is 0.104. The van der Waals surface area contributed by atoms with Crippen LogP contribution in [0.15, 0.2) is 0 Å².